The Morgan fingerprint density at radius 3 is 2.81 bits per heavy atom. The molecule has 0 aliphatic rings. The van der Waals surface area contributed by atoms with Gasteiger partial charge >= 0.3 is 5.97 Å². The third-order valence-electron chi connectivity index (χ3n) is 1.98. The van der Waals surface area contributed by atoms with Crippen LogP contribution in [0.15, 0.2) is 27.2 Å². The Hall–Kier alpha value is -1.69. The molecular formula is C10H7BrN2O3. The van der Waals surface area contributed by atoms with Crippen LogP contribution in [0.5, 0.6) is 0 Å². The second kappa shape index (κ2) is 4.05. The maximum absolute atomic E-state index is 10.8. The number of benzene rings is 1. The predicted molar refractivity (Wildman–Crippen MR) is 59.1 cm³/mol. The zero-order valence-electron chi connectivity index (χ0n) is 8.27. The van der Waals surface area contributed by atoms with Crippen molar-refractivity contribution in [3.05, 3.63) is 34.1 Å². The molecule has 0 amide bonds. The maximum Gasteiger partial charge on any atom is 0.335 e. The molecule has 16 heavy (non-hydrogen) atoms. The normalized spacial score (nSPS) is 10.4. The van der Waals surface area contributed by atoms with Crippen molar-refractivity contribution in [2.45, 2.75) is 6.92 Å². The first-order chi connectivity index (χ1) is 7.58. The lowest BCUT2D eigenvalue weighted by molar-refractivity contribution is 0.0697. The first-order valence-corrected chi connectivity index (χ1v) is 5.21. The molecule has 0 atom stereocenters. The number of nitrogens with zero attached hydrogens (tertiary/aromatic N) is 2. The summed E-state index contributed by atoms with van der Waals surface area (Å²) in [6.45, 7) is 1.67. The lowest BCUT2D eigenvalue weighted by Crippen LogP contribution is -1.96. The summed E-state index contributed by atoms with van der Waals surface area (Å²) in [6, 6.07) is 4.64. The largest absolute Gasteiger partial charge is 0.478 e. The molecule has 6 heteroatoms. The molecule has 0 radical (unpaired) electrons. The molecule has 1 N–H and O–H groups in total. The van der Waals surface area contributed by atoms with Gasteiger partial charge in [0.2, 0.25) is 11.7 Å². The lowest BCUT2D eigenvalue weighted by Gasteiger charge is -2.00. The molecule has 0 spiro atoms. The van der Waals surface area contributed by atoms with Gasteiger partial charge in [0, 0.05) is 17.0 Å². The summed E-state index contributed by atoms with van der Waals surface area (Å²) in [5, 5.41) is 12.6. The molecule has 0 unspecified atom stereocenters. The molecule has 2 aromatic rings. The monoisotopic (exact) mass is 282 g/mol. The Balaban J connectivity index is 2.55. The fraction of sp³-hybridized carbons (Fsp3) is 0.100. The summed E-state index contributed by atoms with van der Waals surface area (Å²) in [7, 11) is 0. The van der Waals surface area contributed by atoms with Crippen molar-refractivity contribution >= 4 is 21.9 Å². The van der Waals surface area contributed by atoms with E-state index in [0.717, 1.165) is 4.47 Å². The Labute approximate surface area is 99.2 Å². The van der Waals surface area contributed by atoms with Crippen LogP contribution in [0.25, 0.3) is 11.4 Å². The van der Waals surface area contributed by atoms with Gasteiger partial charge in [-0.3, -0.25) is 0 Å². The fourth-order valence-electron chi connectivity index (χ4n) is 1.24. The SMILES string of the molecule is Cc1nc(-c2cc(C(=O)O)ccc2Br)no1. The number of hydrogen-bond acceptors (Lipinski definition) is 4. The summed E-state index contributed by atoms with van der Waals surface area (Å²) in [4.78, 5) is 14.9. The van der Waals surface area contributed by atoms with Gasteiger partial charge in [-0.05, 0) is 18.2 Å². The Morgan fingerprint density at radius 2 is 2.25 bits per heavy atom. The van der Waals surface area contributed by atoms with Gasteiger partial charge in [-0.1, -0.05) is 21.1 Å². The molecule has 1 aromatic heterocycles. The van der Waals surface area contributed by atoms with Crippen molar-refractivity contribution in [2.75, 3.05) is 0 Å². The minimum absolute atomic E-state index is 0.181. The van der Waals surface area contributed by atoms with Crippen LogP contribution < -0.4 is 0 Å². The molecule has 5 nitrogen and oxygen atoms in total. The molecule has 1 heterocycles. The van der Waals surface area contributed by atoms with E-state index in [1.807, 2.05) is 0 Å². The molecule has 82 valence electrons. The standard InChI is InChI=1S/C10H7BrN2O3/c1-5-12-9(13-16-5)7-4-6(10(14)15)2-3-8(7)11/h2-4H,1H3,(H,14,15). The summed E-state index contributed by atoms with van der Waals surface area (Å²) >= 11 is 3.31. The number of aromatic nitrogens is 2. The van der Waals surface area contributed by atoms with Gasteiger partial charge < -0.3 is 9.63 Å². The molecular weight excluding hydrogens is 276 g/mol. The topological polar surface area (TPSA) is 76.2 Å². The number of aryl methyl sites for hydroxylation is 1. The van der Waals surface area contributed by atoms with E-state index >= 15 is 0 Å². The van der Waals surface area contributed by atoms with Crippen molar-refractivity contribution < 1.29 is 14.4 Å². The number of carboxylic acids is 1. The van der Waals surface area contributed by atoms with Crippen LogP contribution in [0.1, 0.15) is 16.2 Å². The van der Waals surface area contributed by atoms with Gasteiger partial charge in [-0.25, -0.2) is 4.79 Å². The van der Waals surface area contributed by atoms with Gasteiger partial charge in [0.1, 0.15) is 0 Å². The number of carboxylic acid groups (broad SMARTS) is 1. The maximum atomic E-state index is 10.8. The number of rotatable bonds is 2. The first-order valence-electron chi connectivity index (χ1n) is 4.41. The van der Waals surface area contributed by atoms with E-state index in [2.05, 4.69) is 26.1 Å². The smallest absolute Gasteiger partial charge is 0.335 e. The van der Waals surface area contributed by atoms with Gasteiger partial charge in [0.25, 0.3) is 0 Å². The molecule has 2 rings (SSSR count). The van der Waals surface area contributed by atoms with Gasteiger partial charge in [-0.15, -0.1) is 0 Å². The van der Waals surface area contributed by atoms with E-state index in [1.165, 1.54) is 12.1 Å². The molecule has 0 aliphatic heterocycles. The van der Waals surface area contributed by atoms with Crippen LogP contribution in [0.3, 0.4) is 0 Å². The summed E-state index contributed by atoms with van der Waals surface area (Å²) in [5.41, 5.74) is 0.775. The predicted octanol–water partition coefficient (Wildman–Crippen LogP) is 2.51. The summed E-state index contributed by atoms with van der Waals surface area (Å²) < 4.78 is 5.57. The zero-order valence-corrected chi connectivity index (χ0v) is 9.85. The van der Waals surface area contributed by atoms with E-state index < -0.39 is 5.97 Å². The van der Waals surface area contributed by atoms with E-state index in [4.69, 9.17) is 9.63 Å². The molecule has 1 aromatic carbocycles. The molecule has 0 saturated heterocycles. The van der Waals surface area contributed by atoms with Crippen LogP contribution in [-0.4, -0.2) is 21.2 Å². The van der Waals surface area contributed by atoms with Crippen LogP contribution >= 0.6 is 15.9 Å². The second-order valence-electron chi connectivity index (χ2n) is 3.14. The van der Waals surface area contributed by atoms with Crippen LogP contribution in [0, 0.1) is 6.92 Å². The molecule has 0 bridgehead atoms. The highest BCUT2D eigenvalue weighted by Gasteiger charge is 2.12. The van der Waals surface area contributed by atoms with E-state index in [1.54, 1.807) is 13.0 Å². The number of hydrogen-bond donors (Lipinski definition) is 1. The van der Waals surface area contributed by atoms with Crippen molar-refractivity contribution in [3.63, 3.8) is 0 Å². The highest BCUT2D eigenvalue weighted by atomic mass is 79.9. The van der Waals surface area contributed by atoms with Crippen LogP contribution in [0.4, 0.5) is 0 Å². The van der Waals surface area contributed by atoms with Crippen molar-refractivity contribution in [1.29, 1.82) is 0 Å². The van der Waals surface area contributed by atoms with Crippen LogP contribution in [0.2, 0.25) is 0 Å². The average Bonchev–Trinajstić information content (AvgIpc) is 2.65. The quantitative estimate of drug-likeness (QED) is 0.916. The third kappa shape index (κ3) is 1.96. The van der Waals surface area contributed by atoms with Crippen molar-refractivity contribution in [2.24, 2.45) is 0 Å². The minimum atomic E-state index is -0.992. The van der Waals surface area contributed by atoms with Crippen molar-refractivity contribution in [1.82, 2.24) is 10.1 Å². The highest BCUT2D eigenvalue weighted by molar-refractivity contribution is 9.10. The van der Waals surface area contributed by atoms with E-state index in [-0.39, 0.29) is 5.56 Å². The summed E-state index contributed by atoms with van der Waals surface area (Å²) in [6.07, 6.45) is 0. The molecule has 0 saturated carbocycles. The average molecular weight is 283 g/mol. The van der Waals surface area contributed by atoms with Crippen LogP contribution in [-0.2, 0) is 0 Å². The Bertz CT molecular complexity index is 551. The third-order valence-corrected chi connectivity index (χ3v) is 2.67. The number of carbonyl (C=O) groups is 1. The number of halogens is 1. The Morgan fingerprint density at radius 1 is 1.50 bits per heavy atom. The van der Waals surface area contributed by atoms with Gasteiger partial charge in [0.15, 0.2) is 0 Å². The lowest BCUT2D eigenvalue weighted by atomic mass is 10.1. The van der Waals surface area contributed by atoms with Crippen molar-refractivity contribution in [3.8, 4) is 11.4 Å². The van der Waals surface area contributed by atoms with E-state index in [0.29, 0.717) is 17.3 Å². The summed E-state index contributed by atoms with van der Waals surface area (Å²) in [5.74, 6) is -0.191. The highest BCUT2D eigenvalue weighted by Crippen LogP contribution is 2.27. The molecule has 0 fully saturated rings. The van der Waals surface area contributed by atoms with Gasteiger partial charge in [-0.2, -0.15) is 4.98 Å². The van der Waals surface area contributed by atoms with E-state index in [9.17, 15) is 4.79 Å². The minimum Gasteiger partial charge on any atom is -0.478 e. The second-order valence-corrected chi connectivity index (χ2v) is 3.99. The fourth-order valence-corrected chi connectivity index (χ4v) is 1.66. The van der Waals surface area contributed by atoms with Gasteiger partial charge in [0.05, 0.1) is 5.56 Å². The first kappa shape index (κ1) is 10.8. The molecule has 0 aliphatic carbocycles. The Kier molecular flexibility index (Phi) is 2.74. The number of aromatic carboxylic acids is 1. The zero-order chi connectivity index (χ0) is 11.7.